The molecule has 14 heavy (non-hydrogen) atoms. The zero-order valence-electron chi connectivity index (χ0n) is 9.38. The molecule has 0 aromatic heterocycles. The Hall–Kier alpha value is -1.05. The lowest BCUT2D eigenvalue weighted by molar-refractivity contribution is -0.137. The molecule has 0 aliphatic rings. The molecule has 2 nitrogen and oxygen atoms in total. The first-order valence-corrected chi connectivity index (χ1v) is 5.01. The van der Waals surface area contributed by atoms with Crippen LogP contribution in [0.4, 0.5) is 0 Å². The third-order valence-corrected chi connectivity index (χ3v) is 1.49. The molecule has 0 fully saturated rings. The number of hydrogen-bond acceptors (Lipinski definition) is 1. The Balaban J connectivity index is 0. The van der Waals surface area contributed by atoms with Gasteiger partial charge >= 0.3 is 5.97 Å². The fraction of sp³-hybridized carbons (Fsp3) is 0.583. The van der Waals surface area contributed by atoms with Gasteiger partial charge in [0.05, 0.1) is 0 Å². The first-order valence-electron chi connectivity index (χ1n) is 5.01. The van der Waals surface area contributed by atoms with Gasteiger partial charge in [0.1, 0.15) is 0 Å². The minimum absolute atomic E-state index is 0.327. The van der Waals surface area contributed by atoms with E-state index in [-0.39, 0.29) is 0 Å². The van der Waals surface area contributed by atoms with E-state index in [1.807, 2.05) is 13.0 Å². The van der Waals surface area contributed by atoms with E-state index in [1.165, 1.54) is 5.57 Å². The summed E-state index contributed by atoms with van der Waals surface area (Å²) in [5.74, 6) is -0.682. The van der Waals surface area contributed by atoms with Crippen molar-refractivity contribution in [2.75, 3.05) is 0 Å². The highest BCUT2D eigenvalue weighted by atomic mass is 16.4. The smallest absolute Gasteiger partial charge is 0.303 e. The number of carbonyl (C=O) groups is 1. The summed E-state index contributed by atoms with van der Waals surface area (Å²) >= 11 is 0. The predicted molar refractivity (Wildman–Crippen MR) is 61.4 cm³/mol. The number of carboxylic acid groups (broad SMARTS) is 1. The summed E-state index contributed by atoms with van der Waals surface area (Å²) in [7, 11) is 0. The first kappa shape index (κ1) is 15.4. The molecule has 0 aliphatic heterocycles. The van der Waals surface area contributed by atoms with Crippen LogP contribution in [-0.4, -0.2) is 11.1 Å². The highest BCUT2D eigenvalue weighted by Crippen LogP contribution is 1.97. The summed E-state index contributed by atoms with van der Waals surface area (Å²) in [5.41, 5.74) is 1.17. The van der Waals surface area contributed by atoms with E-state index in [0.29, 0.717) is 6.42 Å². The molecule has 0 heterocycles. The van der Waals surface area contributed by atoms with Gasteiger partial charge in [-0.25, -0.2) is 0 Å². The second-order valence-electron chi connectivity index (χ2n) is 3.30. The molecule has 0 aromatic carbocycles. The number of allylic oxidation sites excluding steroid dienone is 2. The molecule has 82 valence electrons. The SMILES string of the molecule is C=CCC(=C)C.CCCCCC(=O)O. The number of unbranched alkanes of at least 4 members (excludes halogenated alkanes) is 2. The van der Waals surface area contributed by atoms with Crippen molar-refractivity contribution in [1.29, 1.82) is 0 Å². The standard InChI is InChI=1S/C6H12O2.C6H10/c1-2-3-4-5-6(7)8;1-4-5-6(2)3/h2-5H2,1H3,(H,7,8);4H,1-2,5H2,3H3. The van der Waals surface area contributed by atoms with Gasteiger partial charge in [0, 0.05) is 6.42 Å². The zero-order valence-corrected chi connectivity index (χ0v) is 9.38. The molecule has 0 saturated carbocycles. The highest BCUT2D eigenvalue weighted by Gasteiger charge is 1.92. The lowest BCUT2D eigenvalue weighted by atomic mass is 10.2. The summed E-state index contributed by atoms with van der Waals surface area (Å²) in [4.78, 5) is 9.87. The Labute approximate surface area is 87.3 Å². The lowest BCUT2D eigenvalue weighted by Gasteiger charge is -1.89. The van der Waals surface area contributed by atoms with Gasteiger partial charge in [-0.05, 0) is 19.8 Å². The molecular formula is C12H22O2. The van der Waals surface area contributed by atoms with Gasteiger partial charge in [0.15, 0.2) is 0 Å². The summed E-state index contributed by atoms with van der Waals surface area (Å²) in [5, 5.41) is 8.14. The van der Waals surface area contributed by atoms with Crippen LogP contribution < -0.4 is 0 Å². The van der Waals surface area contributed by atoms with E-state index in [4.69, 9.17) is 5.11 Å². The van der Waals surface area contributed by atoms with Gasteiger partial charge in [-0.1, -0.05) is 38.0 Å². The van der Waals surface area contributed by atoms with Crippen LogP contribution >= 0.6 is 0 Å². The molecular weight excluding hydrogens is 176 g/mol. The van der Waals surface area contributed by atoms with Gasteiger partial charge in [-0.3, -0.25) is 4.79 Å². The second-order valence-corrected chi connectivity index (χ2v) is 3.30. The third-order valence-electron chi connectivity index (χ3n) is 1.49. The van der Waals surface area contributed by atoms with Crippen LogP contribution in [0.5, 0.6) is 0 Å². The van der Waals surface area contributed by atoms with Crippen LogP contribution in [0.3, 0.4) is 0 Å². The molecule has 0 aromatic rings. The van der Waals surface area contributed by atoms with Crippen molar-refractivity contribution < 1.29 is 9.90 Å². The molecule has 0 saturated heterocycles. The van der Waals surface area contributed by atoms with E-state index < -0.39 is 5.97 Å². The fourth-order valence-corrected chi connectivity index (χ4v) is 0.773. The van der Waals surface area contributed by atoms with E-state index >= 15 is 0 Å². The van der Waals surface area contributed by atoms with Gasteiger partial charge in [0.2, 0.25) is 0 Å². The first-order chi connectivity index (χ1) is 6.54. The number of carboxylic acids is 1. The van der Waals surface area contributed by atoms with Crippen LogP contribution in [0, 0.1) is 0 Å². The van der Waals surface area contributed by atoms with Crippen molar-refractivity contribution in [3.8, 4) is 0 Å². The summed E-state index contributed by atoms with van der Waals surface area (Å²) < 4.78 is 0. The van der Waals surface area contributed by atoms with Crippen LogP contribution in [0.2, 0.25) is 0 Å². The second kappa shape index (κ2) is 11.9. The summed E-state index contributed by atoms with van der Waals surface area (Å²) in [6, 6.07) is 0. The quantitative estimate of drug-likeness (QED) is 0.521. The summed E-state index contributed by atoms with van der Waals surface area (Å²) in [6.07, 6.45) is 6.07. The van der Waals surface area contributed by atoms with Crippen molar-refractivity contribution in [2.45, 2.75) is 46.0 Å². The van der Waals surface area contributed by atoms with Gasteiger partial charge in [-0.2, -0.15) is 0 Å². The lowest BCUT2D eigenvalue weighted by Crippen LogP contribution is -1.92. The Morgan fingerprint density at radius 3 is 2.21 bits per heavy atom. The van der Waals surface area contributed by atoms with Crippen molar-refractivity contribution >= 4 is 5.97 Å². The topological polar surface area (TPSA) is 37.3 Å². The molecule has 2 heteroatoms. The molecule has 0 atom stereocenters. The third kappa shape index (κ3) is 22.4. The monoisotopic (exact) mass is 198 g/mol. The molecule has 0 rings (SSSR count). The number of rotatable bonds is 6. The Morgan fingerprint density at radius 2 is 2.00 bits per heavy atom. The fourth-order valence-electron chi connectivity index (χ4n) is 0.773. The van der Waals surface area contributed by atoms with Crippen LogP contribution in [0.1, 0.15) is 46.0 Å². The Bertz CT molecular complexity index is 171. The van der Waals surface area contributed by atoms with Crippen molar-refractivity contribution in [2.24, 2.45) is 0 Å². The van der Waals surface area contributed by atoms with E-state index in [0.717, 1.165) is 25.7 Å². The van der Waals surface area contributed by atoms with Gasteiger partial charge in [0.25, 0.3) is 0 Å². The normalized spacial score (nSPS) is 8.43. The molecule has 0 bridgehead atoms. The van der Waals surface area contributed by atoms with Gasteiger partial charge < -0.3 is 5.11 Å². The molecule has 0 unspecified atom stereocenters. The maximum Gasteiger partial charge on any atom is 0.303 e. The maximum atomic E-state index is 9.87. The number of hydrogen-bond donors (Lipinski definition) is 1. The van der Waals surface area contributed by atoms with Crippen LogP contribution in [0.15, 0.2) is 24.8 Å². The minimum Gasteiger partial charge on any atom is -0.481 e. The van der Waals surface area contributed by atoms with Gasteiger partial charge in [-0.15, -0.1) is 6.58 Å². The Kier molecular flexibility index (Phi) is 13.2. The van der Waals surface area contributed by atoms with Crippen LogP contribution in [0.25, 0.3) is 0 Å². The van der Waals surface area contributed by atoms with Crippen molar-refractivity contribution in [3.63, 3.8) is 0 Å². The van der Waals surface area contributed by atoms with Crippen molar-refractivity contribution in [1.82, 2.24) is 0 Å². The molecule has 0 amide bonds. The predicted octanol–water partition coefficient (Wildman–Crippen LogP) is 3.79. The molecule has 1 N–H and O–H groups in total. The largest absolute Gasteiger partial charge is 0.481 e. The molecule has 0 radical (unpaired) electrons. The van der Waals surface area contributed by atoms with E-state index in [2.05, 4.69) is 20.1 Å². The highest BCUT2D eigenvalue weighted by molar-refractivity contribution is 5.66. The van der Waals surface area contributed by atoms with Crippen LogP contribution in [-0.2, 0) is 4.79 Å². The molecule has 0 spiro atoms. The average molecular weight is 198 g/mol. The van der Waals surface area contributed by atoms with Crippen molar-refractivity contribution in [3.05, 3.63) is 24.8 Å². The minimum atomic E-state index is -0.682. The maximum absolute atomic E-state index is 9.87. The number of aliphatic carboxylic acids is 1. The zero-order chi connectivity index (χ0) is 11.4. The van der Waals surface area contributed by atoms with E-state index in [1.54, 1.807) is 0 Å². The summed E-state index contributed by atoms with van der Waals surface area (Å²) in [6.45, 7) is 11.3. The van der Waals surface area contributed by atoms with E-state index in [9.17, 15) is 4.79 Å². The Morgan fingerprint density at radius 1 is 1.43 bits per heavy atom. The molecule has 0 aliphatic carbocycles. The average Bonchev–Trinajstić information content (AvgIpc) is 2.05.